The monoisotopic (exact) mass is 536 g/mol. The Hall–Kier alpha value is -1.95. The fourth-order valence-electron chi connectivity index (χ4n) is 6.23. The molecule has 4 heterocycles. The van der Waals surface area contributed by atoms with Crippen LogP contribution in [0.1, 0.15) is 54.9 Å². The molecular weight excluding hydrogens is 496 g/mol. The van der Waals surface area contributed by atoms with E-state index in [4.69, 9.17) is 34.0 Å². The largest absolute Gasteiger partial charge is 0.349 e. The van der Waals surface area contributed by atoms with Crippen molar-refractivity contribution in [2.75, 3.05) is 6.61 Å². The minimum absolute atomic E-state index is 0.0351. The average molecular weight is 537 g/mol. The fraction of sp³-hybridized carbons (Fsp3) is 0.960. The van der Waals surface area contributed by atoms with E-state index < -0.39 is 49.3 Å². The third-order valence-corrected chi connectivity index (χ3v) is 9.09. The number of Topliss-reactive ketones (excluding diaryl/α,β-unsaturated/α-hetero) is 1. The molecule has 0 amide bonds. The van der Waals surface area contributed by atoms with Crippen LogP contribution >= 0.6 is 0 Å². The van der Waals surface area contributed by atoms with Gasteiger partial charge >= 0.3 is 0 Å². The number of hydrogen-bond acceptors (Lipinski definition) is 9. The molecule has 4 fully saturated rings. The lowest BCUT2D eigenvalue weighted by Gasteiger charge is -2.49. The molecule has 0 aromatic carbocycles. The lowest BCUT2D eigenvalue weighted by molar-refractivity contribution is -0.325. The maximum absolute atomic E-state index is 12.8. The predicted octanol–water partition coefficient (Wildman–Crippen LogP) is 4.50. The molecule has 13 heteroatoms. The Bertz CT molecular complexity index is 958. The third kappa shape index (κ3) is 5.39. The molecule has 4 saturated heterocycles. The first kappa shape index (κ1) is 29.0. The second kappa shape index (κ2) is 12.1. The van der Waals surface area contributed by atoms with E-state index in [0.29, 0.717) is 6.61 Å². The molecule has 212 valence electrons. The molecular formula is C25H40N6O7. The molecule has 0 aromatic heterocycles. The Morgan fingerprint density at radius 2 is 1.50 bits per heavy atom. The number of fused-ring (bicyclic) bond motifs is 2. The summed E-state index contributed by atoms with van der Waals surface area (Å²) in [7, 11) is 0. The molecule has 0 spiro atoms. The van der Waals surface area contributed by atoms with E-state index in [0.717, 1.165) is 6.42 Å². The number of carbonyl (C=O) groups excluding carboxylic acids is 1. The van der Waals surface area contributed by atoms with Gasteiger partial charge in [-0.2, -0.15) is 0 Å². The van der Waals surface area contributed by atoms with E-state index in [1.807, 2.05) is 34.6 Å². The standard InChI is InChI=1S/C25H40N6O7/c1-8-16-10(2)11(3)18(28-30-26)25(34-16)37-21-12(4)13(5)23(38-22(21)15(7)32)36-20-14(6)19(29-31-27)24-33-9-17(20)35-24/h10-14,16-25H,8-9H2,1-7H3/t10-,11-,12+,13?,14+,16-,17?,18?,19?,20-,21-,22-,23+,24+,25+/m0/s1. The topological polar surface area (TPSA) is 170 Å². The molecule has 13 nitrogen and oxygen atoms in total. The van der Waals surface area contributed by atoms with Gasteiger partial charge in [-0.1, -0.05) is 51.8 Å². The number of rotatable bonds is 8. The van der Waals surface area contributed by atoms with Gasteiger partial charge in [0.25, 0.3) is 0 Å². The molecule has 0 N–H and O–H groups in total. The zero-order valence-corrected chi connectivity index (χ0v) is 23.1. The van der Waals surface area contributed by atoms with Crippen LogP contribution in [0.25, 0.3) is 20.9 Å². The van der Waals surface area contributed by atoms with Crippen molar-refractivity contribution in [3.05, 3.63) is 20.9 Å². The molecule has 0 radical (unpaired) electrons. The van der Waals surface area contributed by atoms with Gasteiger partial charge in [-0.3, -0.25) is 4.79 Å². The number of carbonyl (C=O) groups is 1. The molecule has 4 aliphatic rings. The van der Waals surface area contributed by atoms with Gasteiger partial charge < -0.3 is 28.4 Å². The van der Waals surface area contributed by atoms with Crippen molar-refractivity contribution in [1.82, 2.24) is 0 Å². The van der Waals surface area contributed by atoms with Crippen LogP contribution in [0.15, 0.2) is 10.2 Å². The SMILES string of the molecule is CC[C@@H]1O[C@H](O[C@H]2[C@H](C)C(C)[C@H](O[C@@H]3C4CO[C@H](O4)C(N=[N+]=[N-])[C@H]3C)O[C@H]2C(C)=O)C(N=[N+]=[N-])[C@@H](C)[C@@H]1C. The zero-order chi connectivity index (χ0) is 27.7. The van der Waals surface area contributed by atoms with Crippen LogP contribution < -0.4 is 0 Å². The van der Waals surface area contributed by atoms with Gasteiger partial charge in [0.1, 0.15) is 12.2 Å². The van der Waals surface area contributed by atoms with Crippen LogP contribution in [0.3, 0.4) is 0 Å². The summed E-state index contributed by atoms with van der Waals surface area (Å²) >= 11 is 0. The zero-order valence-electron chi connectivity index (χ0n) is 23.1. The van der Waals surface area contributed by atoms with Gasteiger partial charge in [-0.15, -0.1) is 0 Å². The van der Waals surface area contributed by atoms with Crippen molar-refractivity contribution in [2.45, 2.75) is 116 Å². The van der Waals surface area contributed by atoms with E-state index in [2.05, 4.69) is 27.0 Å². The molecule has 4 aliphatic heterocycles. The van der Waals surface area contributed by atoms with Crippen LogP contribution in [-0.4, -0.2) is 73.9 Å². The molecule has 38 heavy (non-hydrogen) atoms. The van der Waals surface area contributed by atoms with Crippen molar-refractivity contribution in [2.24, 2.45) is 39.8 Å². The Morgan fingerprint density at radius 3 is 2.13 bits per heavy atom. The molecule has 4 rings (SSSR count). The Balaban J connectivity index is 1.53. The number of nitrogens with zero attached hydrogens (tertiary/aromatic N) is 6. The van der Waals surface area contributed by atoms with Gasteiger partial charge in [0.15, 0.2) is 24.7 Å². The molecule has 2 bridgehead atoms. The maximum atomic E-state index is 12.8. The lowest BCUT2D eigenvalue weighted by atomic mass is 9.80. The summed E-state index contributed by atoms with van der Waals surface area (Å²) in [6, 6.07) is -1.06. The first-order valence-electron chi connectivity index (χ1n) is 13.6. The molecule has 0 aromatic rings. The number of ketones is 1. The van der Waals surface area contributed by atoms with Gasteiger partial charge in [0.05, 0.1) is 37.0 Å². The highest BCUT2D eigenvalue weighted by Gasteiger charge is 2.53. The smallest absolute Gasteiger partial charge is 0.167 e. The molecule has 4 unspecified atom stereocenters. The highest BCUT2D eigenvalue weighted by Crippen LogP contribution is 2.42. The van der Waals surface area contributed by atoms with E-state index >= 15 is 0 Å². The predicted molar refractivity (Wildman–Crippen MR) is 134 cm³/mol. The van der Waals surface area contributed by atoms with Crippen molar-refractivity contribution in [3.63, 3.8) is 0 Å². The van der Waals surface area contributed by atoms with E-state index in [-0.39, 0.29) is 47.6 Å². The number of hydrogen-bond donors (Lipinski definition) is 0. The second-order valence-corrected chi connectivity index (χ2v) is 11.3. The highest BCUT2D eigenvalue weighted by molar-refractivity contribution is 5.81. The third-order valence-electron chi connectivity index (χ3n) is 9.09. The maximum Gasteiger partial charge on any atom is 0.167 e. The van der Waals surface area contributed by atoms with Crippen LogP contribution in [0.4, 0.5) is 0 Å². The first-order valence-corrected chi connectivity index (χ1v) is 13.6. The van der Waals surface area contributed by atoms with Crippen molar-refractivity contribution >= 4 is 5.78 Å². The molecule has 0 aliphatic carbocycles. The second-order valence-electron chi connectivity index (χ2n) is 11.3. The quantitative estimate of drug-likeness (QED) is 0.250. The summed E-state index contributed by atoms with van der Waals surface area (Å²) in [6.07, 6.45) is -3.68. The van der Waals surface area contributed by atoms with Crippen LogP contribution in [-0.2, 0) is 33.2 Å². The van der Waals surface area contributed by atoms with Crippen molar-refractivity contribution in [1.29, 1.82) is 0 Å². The molecule has 0 saturated carbocycles. The van der Waals surface area contributed by atoms with Gasteiger partial charge in [0.2, 0.25) is 0 Å². The highest BCUT2D eigenvalue weighted by atomic mass is 16.8. The summed E-state index contributed by atoms with van der Waals surface area (Å²) in [5, 5.41) is 7.88. The first-order chi connectivity index (χ1) is 18.1. The fourth-order valence-corrected chi connectivity index (χ4v) is 6.23. The lowest BCUT2D eigenvalue weighted by Crippen LogP contribution is -2.59. The van der Waals surface area contributed by atoms with Gasteiger partial charge in [0, 0.05) is 15.7 Å². The average Bonchev–Trinajstić information content (AvgIpc) is 3.33. The Morgan fingerprint density at radius 1 is 0.842 bits per heavy atom. The number of ether oxygens (including phenoxy) is 6. The van der Waals surface area contributed by atoms with Crippen molar-refractivity contribution < 1.29 is 33.2 Å². The van der Waals surface area contributed by atoms with E-state index in [1.165, 1.54) is 6.92 Å². The summed E-state index contributed by atoms with van der Waals surface area (Å²) in [4.78, 5) is 18.8. The minimum atomic E-state index is -0.906. The summed E-state index contributed by atoms with van der Waals surface area (Å²) < 4.78 is 37.1. The van der Waals surface area contributed by atoms with E-state index in [1.54, 1.807) is 0 Å². The Kier molecular flexibility index (Phi) is 9.22. The summed E-state index contributed by atoms with van der Waals surface area (Å²) in [5.74, 6) is -0.482. The van der Waals surface area contributed by atoms with Crippen molar-refractivity contribution in [3.8, 4) is 0 Å². The summed E-state index contributed by atoms with van der Waals surface area (Å²) in [6.45, 7) is 13.9. The summed E-state index contributed by atoms with van der Waals surface area (Å²) in [5.41, 5.74) is 18.2. The Labute approximate surface area is 223 Å². The molecule has 15 atom stereocenters. The van der Waals surface area contributed by atoms with E-state index in [9.17, 15) is 10.3 Å². The van der Waals surface area contributed by atoms with Crippen LogP contribution in [0.2, 0.25) is 0 Å². The minimum Gasteiger partial charge on any atom is -0.349 e. The number of azide groups is 2. The van der Waals surface area contributed by atoms with Crippen LogP contribution in [0.5, 0.6) is 0 Å². The normalized spacial score (nSPS) is 48.6. The van der Waals surface area contributed by atoms with Gasteiger partial charge in [-0.25, -0.2) is 0 Å². The van der Waals surface area contributed by atoms with Gasteiger partial charge in [-0.05, 0) is 48.1 Å². The van der Waals surface area contributed by atoms with Crippen LogP contribution in [0, 0.1) is 29.6 Å².